The van der Waals surface area contributed by atoms with Crippen molar-refractivity contribution in [2.45, 2.75) is 20.0 Å². The van der Waals surface area contributed by atoms with Crippen LogP contribution in [0.25, 0.3) is 10.1 Å². The molecule has 0 saturated carbocycles. The number of aromatic nitrogens is 1. The first kappa shape index (κ1) is 17.8. The largest absolute Gasteiger partial charge is 0.489 e. The number of para-hydroxylation sites is 1. The maximum atomic E-state index is 6.35. The van der Waals surface area contributed by atoms with Gasteiger partial charge in [-0.15, -0.1) is 11.3 Å². The molecule has 136 valence electrons. The van der Waals surface area contributed by atoms with Gasteiger partial charge in [0.2, 0.25) is 0 Å². The third-order valence-corrected chi connectivity index (χ3v) is 5.65. The molecule has 4 rings (SSSR count). The van der Waals surface area contributed by atoms with Crippen LogP contribution in [0.15, 0.2) is 66.2 Å². The predicted octanol–water partition coefficient (Wildman–Crippen LogP) is 6.88. The standard InChI is InChI=1S/C22H18ClNO2S/c1-2-15-12-24-22(23)20-16(14-27-21(15)20)13-25-18-9-6-10-19(11-18)26-17-7-4-3-5-8-17/h3-12,14H,2,13H2,1H3. The number of hydrogen-bond donors (Lipinski definition) is 0. The summed E-state index contributed by atoms with van der Waals surface area (Å²) in [7, 11) is 0. The van der Waals surface area contributed by atoms with Crippen molar-refractivity contribution >= 4 is 33.0 Å². The van der Waals surface area contributed by atoms with Gasteiger partial charge in [0.25, 0.3) is 0 Å². The van der Waals surface area contributed by atoms with Crippen molar-refractivity contribution in [3.05, 3.63) is 82.5 Å². The molecular weight excluding hydrogens is 378 g/mol. The fraction of sp³-hybridized carbons (Fsp3) is 0.136. The minimum absolute atomic E-state index is 0.434. The summed E-state index contributed by atoms with van der Waals surface area (Å²) in [5, 5.41) is 3.63. The molecule has 0 aliphatic heterocycles. The van der Waals surface area contributed by atoms with Gasteiger partial charge >= 0.3 is 0 Å². The molecule has 3 nitrogen and oxygen atoms in total. The Balaban J connectivity index is 1.53. The monoisotopic (exact) mass is 395 g/mol. The summed E-state index contributed by atoms with van der Waals surface area (Å²) in [5.41, 5.74) is 2.26. The lowest BCUT2D eigenvalue weighted by atomic mass is 10.1. The lowest BCUT2D eigenvalue weighted by Crippen LogP contribution is -1.96. The Bertz CT molecular complexity index is 1060. The summed E-state index contributed by atoms with van der Waals surface area (Å²) in [6.45, 7) is 2.56. The summed E-state index contributed by atoms with van der Waals surface area (Å²) in [6.07, 6.45) is 2.79. The van der Waals surface area contributed by atoms with Crippen LogP contribution in [0.5, 0.6) is 17.2 Å². The zero-order valence-electron chi connectivity index (χ0n) is 14.8. The molecule has 0 amide bonds. The number of aryl methyl sites for hydroxylation is 1. The Hall–Kier alpha value is -2.56. The van der Waals surface area contributed by atoms with Gasteiger partial charge in [-0.05, 0) is 41.6 Å². The molecule has 0 N–H and O–H groups in total. The minimum Gasteiger partial charge on any atom is -0.489 e. The third kappa shape index (κ3) is 3.92. The molecule has 4 aromatic rings. The van der Waals surface area contributed by atoms with Crippen molar-refractivity contribution in [1.82, 2.24) is 4.98 Å². The average molecular weight is 396 g/mol. The molecule has 0 fully saturated rings. The van der Waals surface area contributed by atoms with Crippen LogP contribution >= 0.6 is 22.9 Å². The van der Waals surface area contributed by atoms with Crippen molar-refractivity contribution in [3.63, 3.8) is 0 Å². The zero-order chi connectivity index (χ0) is 18.6. The van der Waals surface area contributed by atoms with Crippen LogP contribution in [-0.4, -0.2) is 4.98 Å². The molecule has 0 radical (unpaired) electrons. The highest BCUT2D eigenvalue weighted by Crippen LogP contribution is 2.34. The smallest absolute Gasteiger partial charge is 0.138 e. The van der Waals surface area contributed by atoms with Gasteiger partial charge < -0.3 is 9.47 Å². The SMILES string of the molecule is CCc1cnc(Cl)c2c(COc3cccc(Oc4ccccc4)c3)csc12. The van der Waals surface area contributed by atoms with Gasteiger partial charge in [-0.3, -0.25) is 0 Å². The molecule has 5 heteroatoms. The summed E-state index contributed by atoms with van der Waals surface area (Å²) in [4.78, 5) is 4.32. The molecule has 0 aliphatic rings. The second-order valence-corrected chi connectivity index (χ2v) is 7.31. The lowest BCUT2D eigenvalue weighted by Gasteiger charge is -2.09. The van der Waals surface area contributed by atoms with Gasteiger partial charge in [-0.25, -0.2) is 4.98 Å². The Morgan fingerprint density at radius 1 is 0.963 bits per heavy atom. The molecule has 27 heavy (non-hydrogen) atoms. The van der Waals surface area contributed by atoms with E-state index in [1.165, 1.54) is 10.3 Å². The summed E-state index contributed by atoms with van der Waals surface area (Å²) in [6, 6.07) is 17.3. The number of nitrogens with zero attached hydrogens (tertiary/aromatic N) is 1. The van der Waals surface area contributed by atoms with Crippen LogP contribution in [0.2, 0.25) is 5.15 Å². The van der Waals surface area contributed by atoms with Crippen LogP contribution in [0.3, 0.4) is 0 Å². The van der Waals surface area contributed by atoms with E-state index >= 15 is 0 Å². The van der Waals surface area contributed by atoms with Crippen LogP contribution in [-0.2, 0) is 13.0 Å². The van der Waals surface area contributed by atoms with Gasteiger partial charge in [0.1, 0.15) is 29.0 Å². The van der Waals surface area contributed by atoms with Gasteiger partial charge in [-0.2, -0.15) is 0 Å². The van der Waals surface area contributed by atoms with Gasteiger partial charge in [-0.1, -0.05) is 42.8 Å². The van der Waals surface area contributed by atoms with Gasteiger partial charge in [0.15, 0.2) is 0 Å². The second-order valence-electron chi connectivity index (χ2n) is 6.07. The average Bonchev–Trinajstić information content (AvgIpc) is 3.13. The molecule has 0 atom stereocenters. The third-order valence-electron chi connectivity index (χ3n) is 4.26. The highest BCUT2D eigenvalue weighted by molar-refractivity contribution is 7.17. The molecular formula is C22H18ClNO2S. The van der Waals surface area contributed by atoms with Crippen molar-refractivity contribution in [3.8, 4) is 17.2 Å². The number of rotatable bonds is 6. The molecule has 0 spiro atoms. The van der Waals surface area contributed by atoms with Crippen molar-refractivity contribution < 1.29 is 9.47 Å². The first-order chi connectivity index (χ1) is 13.2. The number of fused-ring (bicyclic) bond motifs is 1. The van der Waals surface area contributed by atoms with Crippen LogP contribution in [0, 0.1) is 0 Å². The molecule has 2 heterocycles. The van der Waals surface area contributed by atoms with E-state index in [9.17, 15) is 0 Å². The molecule has 0 unspecified atom stereocenters. The normalized spacial score (nSPS) is 10.9. The number of pyridine rings is 1. The highest BCUT2D eigenvalue weighted by atomic mass is 35.5. The summed E-state index contributed by atoms with van der Waals surface area (Å²) < 4.78 is 13.1. The predicted molar refractivity (Wildman–Crippen MR) is 111 cm³/mol. The fourth-order valence-corrected chi connectivity index (χ4v) is 4.35. The van der Waals surface area contributed by atoms with Crippen molar-refractivity contribution in [2.24, 2.45) is 0 Å². The number of hydrogen-bond acceptors (Lipinski definition) is 4. The van der Waals surface area contributed by atoms with E-state index in [0.29, 0.717) is 11.8 Å². The zero-order valence-corrected chi connectivity index (χ0v) is 16.4. The van der Waals surface area contributed by atoms with Crippen LogP contribution in [0.1, 0.15) is 18.1 Å². The number of halogens is 1. The van der Waals surface area contributed by atoms with E-state index in [-0.39, 0.29) is 0 Å². The van der Waals surface area contributed by atoms with Crippen LogP contribution in [0.4, 0.5) is 0 Å². The fourth-order valence-electron chi connectivity index (χ4n) is 2.89. The van der Waals surface area contributed by atoms with E-state index in [0.717, 1.165) is 34.6 Å². The first-order valence-corrected chi connectivity index (χ1v) is 9.99. The molecule has 0 bridgehead atoms. The van der Waals surface area contributed by atoms with E-state index in [4.69, 9.17) is 21.1 Å². The summed E-state index contributed by atoms with van der Waals surface area (Å²) in [5.74, 6) is 2.28. The van der Waals surface area contributed by atoms with Crippen molar-refractivity contribution in [2.75, 3.05) is 0 Å². The van der Waals surface area contributed by atoms with E-state index in [2.05, 4.69) is 17.3 Å². The number of thiophene rings is 1. The number of benzene rings is 2. The molecule has 0 saturated heterocycles. The van der Waals surface area contributed by atoms with E-state index in [1.54, 1.807) is 11.3 Å². The Morgan fingerprint density at radius 3 is 2.56 bits per heavy atom. The maximum absolute atomic E-state index is 6.35. The Kier molecular flexibility index (Phi) is 5.28. The lowest BCUT2D eigenvalue weighted by molar-refractivity contribution is 0.306. The summed E-state index contributed by atoms with van der Waals surface area (Å²) >= 11 is 8.04. The van der Waals surface area contributed by atoms with Gasteiger partial charge in [0.05, 0.1) is 0 Å². The quantitative estimate of drug-likeness (QED) is 0.333. The second kappa shape index (κ2) is 7.99. The maximum Gasteiger partial charge on any atom is 0.138 e. The Labute approximate surface area is 167 Å². The van der Waals surface area contributed by atoms with Crippen LogP contribution < -0.4 is 9.47 Å². The Morgan fingerprint density at radius 2 is 1.74 bits per heavy atom. The topological polar surface area (TPSA) is 31.4 Å². The van der Waals surface area contributed by atoms with Gasteiger partial charge in [0, 0.05) is 27.9 Å². The molecule has 2 aromatic heterocycles. The molecule has 2 aromatic carbocycles. The highest BCUT2D eigenvalue weighted by Gasteiger charge is 2.13. The first-order valence-electron chi connectivity index (χ1n) is 8.74. The molecule has 0 aliphatic carbocycles. The number of ether oxygens (including phenoxy) is 2. The minimum atomic E-state index is 0.434. The van der Waals surface area contributed by atoms with E-state index < -0.39 is 0 Å². The van der Waals surface area contributed by atoms with E-state index in [1.807, 2.05) is 60.8 Å². The van der Waals surface area contributed by atoms with Crippen molar-refractivity contribution in [1.29, 1.82) is 0 Å².